The molecule has 0 aliphatic heterocycles. The lowest BCUT2D eigenvalue weighted by molar-refractivity contribution is 0.475. The van der Waals surface area contributed by atoms with E-state index in [4.69, 9.17) is 4.74 Å². The second kappa shape index (κ2) is 6.56. The summed E-state index contributed by atoms with van der Waals surface area (Å²) in [7, 11) is 0. The van der Waals surface area contributed by atoms with Gasteiger partial charge in [-0.15, -0.1) is 0 Å². The van der Waals surface area contributed by atoms with Gasteiger partial charge in [0.15, 0.2) is 0 Å². The van der Waals surface area contributed by atoms with Crippen LogP contribution in [-0.4, -0.2) is 0 Å². The quantitative estimate of drug-likeness (QED) is 0.335. The van der Waals surface area contributed by atoms with E-state index in [0.29, 0.717) is 20.4 Å². The second-order valence-corrected chi connectivity index (χ2v) is 7.65. The normalized spacial score (nSPS) is 10.6. The van der Waals surface area contributed by atoms with Crippen LogP contribution in [0.2, 0.25) is 0 Å². The van der Waals surface area contributed by atoms with Crippen molar-refractivity contribution in [3.63, 3.8) is 0 Å². The molecule has 0 radical (unpaired) electrons. The Morgan fingerprint density at radius 2 is 1.11 bits per heavy atom. The molecule has 0 amide bonds. The van der Waals surface area contributed by atoms with Crippen LogP contribution in [-0.2, 0) is 0 Å². The molecule has 2 aromatic carbocycles. The Balaban J connectivity index is 2.36. The molecule has 0 spiro atoms. The molecular weight excluding hydrogens is 579 g/mol. The van der Waals surface area contributed by atoms with Gasteiger partial charge in [-0.1, -0.05) is 0 Å². The average Bonchev–Trinajstić information content (AvgIpc) is 2.33. The van der Waals surface area contributed by atoms with Gasteiger partial charge in [0.1, 0.15) is 17.3 Å². The highest BCUT2D eigenvalue weighted by molar-refractivity contribution is 9.14. The molecule has 0 aliphatic carbocycles. The summed E-state index contributed by atoms with van der Waals surface area (Å²) in [5.41, 5.74) is 0. The maximum absolute atomic E-state index is 13.6. The molecule has 0 N–H and O–H groups in total. The molecule has 100 valence electrons. The van der Waals surface area contributed by atoms with Crippen molar-refractivity contribution >= 4 is 79.6 Å². The molecule has 2 aromatic rings. The monoisotopic (exact) mass is 578 g/mol. The van der Waals surface area contributed by atoms with E-state index in [1.807, 2.05) is 0 Å². The van der Waals surface area contributed by atoms with Gasteiger partial charge >= 0.3 is 0 Å². The highest BCUT2D eigenvalue weighted by atomic mass is 79.9. The molecule has 1 nitrogen and oxygen atoms in total. The predicted molar refractivity (Wildman–Crippen MR) is 91.4 cm³/mol. The van der Waals surface area contributed by atoms with Crippen LogP contribution in [0.1, 0.15) is 0 Å². The van der Waals surface area contributed by atoms with Crippen LogP contribution in [0.5, 0.6) is 11.5 Å². The zero-order valence-electron chi connectivity index (χ0n) is 8.99. The maximum atomic E-state index is 13.6. The largest absolute Gasteiger partial charge is 0.457 e. The van der Waals surface area contributed by atoms with Crippen LogP contribution in [0.3, 0.4) is 0 Å². The summed E-state index contributed by atoms with van der Waals surface area (Å²) in [6.45, 7) is 0. The fourth-order valence-corrected chi connectivity index (χ4v) is 3.34. The molecule has 0 aliphatic rings. The molecule has 0 atom stereocenters. The van der Waals surface area contributed by atoms with Crippen molar-refractivity contribution in [2.75, 3.05) is 0 Å². The SMILES string of the molecule is Fc1cc(Oc2cc(Br)c(Br)c(Br)c2)cc(Br)c1Br. The summed E-state index contributed by atoms with van der Waals surface area (Å²) in [5, 5.41) is 0. The molecule has 2 rings (SSSR count). The summed E-state index contributed by atoms with van der Waals surface area (Å²) in [6.07, 6.45) is 0. The Morgan fingerprint density at radius 3 is 1.58 bits per heavy atom. The minimum atomic E-state index is -0.389. The van der Waals surface area contributed by atoms with Crippen molar-refractivity contribution in [3.8, 4) is 11.5 Å². The molecule has 19 heavy (non-hydrogen) atoms. The van der Waals surface area contributed by atoms with Crippen LogP contribution in [0.15, 0.2) is 46.6 Å². The zero-order chi connectivity index (χ0) is 14.2. The number of rotatable bonds is 2. The van der Waals surface area contributed by atoms with E-state index in [1.54, 1.807) is 18.2 Å². The zero-order valence-corrected chi connectivity index (χ0v) is 16.9. The van der Waals surface area contributed by atoms with Crippen molar-refractivity contribution in [3.05, 3.63) is 52.4 Å². The summed E-state index contributed by atoms with van der Waals surface area (Å²) < 4.78 is 22.8. The van der Waals surface area contributed by atoms with Gasteiger partial charge in [0.25, 0.3) is 0 Å². The summed E-state index contributed by atoms with van der Waals surface area (Å²) in [5.74, 6) is 0.615. The molecular formula is C12H4Br5FO. The maximum Gasteiger partial charge on any atom is 0.142 e. The van der Waals surface area contributed by atoms with Crippen molar-refractivity contribution in [2.45, 2.75) is 0 Å². The standard InChI is InChI=1S/C12H4Br5FO/c13-7-1-5(2-8(14)11(7)16)19-6-3-9(15)12(17)10(18)4-6/h1-4H. The summed E-state index contributed by atoms with van der Waals surface area (Å²) in [4.78, 5) is 0. The Bertz CT molecular complexity index is 543. The number of halogens is 6. The predicted octanol–water partition coefficient (Wildman–Crippen LogP) is 7.43. The van der Waals surface area contributed by atoms with Gasteiger partial charge in [0, 0.05) is 24.0 Å². The Kier molecular flexibility index (Phi) is 5.50. The van der Waals surface area contributed by atoms with E-state index in [1.165, 1.54) is 6.07 Å². The van der Waals surface area contributed by atoms with Crippen molar-refractivity contribution in [1.82, 2.24) is 0 Å². The second-order valence-electron chi connectivity index (χ2n) is 3.50. The first kappa shape index (κ1) is 15.9. The van der Waals surface area contributed by atoms with E-state index in [2.05, 4.69) is 79.6 Å². The van der Waals surface area contributed by atoms with Crippen LogP contribution >= 0.6 is 79.6 Å². The van der Waals surface area contributed by atoms with Gasteiger partial charge in [-0.05, 0) is 97.8 Å². The first-order valence-electron chi connectivity index (χ1n) is 4.85. The lowest BCUT2D eigenvalue weighted by Crippen LogP contribution is -1.88. The Hall–Kier alpha value is 0.570. The highest BCUT2D eigenvalue weighted by Crippen LogP contribution is 2.38. The van der Waals surface area contributed by atoms with Gasteiger partial charge in [-0.25, -0.2) is 4.39 Å². The average molecular weight is 583 g/mol. The van der Waals surface area contributed by atoms with Crippen LogP contribution in [0.4, 0.5) is 4.39 Å². The topological polar surface area (TPSA) is 9.23 Å². The lowest BCUT2D eigenvalue weighted by Gasteiger charge is -2.10. The molecule has 0 heterocycles. The van der Waals surface area contributed by atoms with Gasteiger partial charge < -0.3 is 4.74 Å². The number of ether oxygens (including phenoxy) is 1. The number of benzene rings is 2. The fraction of sp³-hybridized carbons (Fsp3) is 0. The Labute approximate surface area is 151 Å². The van der Waals surface area contributed by atoms with Gasteiger partial charge in [-0.3, -0.25) is 0 Å². The summed E-state index contributed by atoms with van der Waals surface area (Å²) >= 11 is 16.6. The molecule has 0 saturated heterocycles. The first-order valence-corrected chi connectivity index (χ1v) is 8.82. The van der Waals surface area contributed by atoms with Crippen LogP contribution in [0.25, 0.3) is 0 Å². The molecule has 0 fully saturated rings. The van der Waals surface area contributed by atoms with Gasteiger partial charge in [-0.2, -0.15) is 0 Å². The van der Waals surface area contributed by atoms with Gasteiger partial charge in [0.05, 0.1) is 4.47 Å². The van der Waals surface area contributed by atoms with E-state index in [0.717, 1.165) is 13.4 Å². The van der Waals surface area contributed by atoms with Crippen molar-refractivity contribution in [1.29, 1.82) is 0 Å². The molecule has 0 unspecified atom stereocenters. The minimum absolute atomic E-state index is 0.373. The van der Waals surface area contributed by atoms with E-state index in [9.17, 15) is 4.39 Å². The van der Waals surface area contributed by atoms with E-state index < -0.39 is 0 Å². The summed E-state index contributed by atoms with van der Waals surface area (Å²) in [6, 6.07) is 6.60. The Morgan fingerprint density at radius 1 is 0.684 bits per heavy atom. The third-order valence-corrected chi connectivity index (χ3v) is 7.28. The first-order chi connectivity index (χ1) is 8.88. The highest BCUT2D eigenvalue weighted by Gasteiger charge is 2.10. The minimum Gasteiger partial charge on any atom is -0.457 e. The van der Waals surface area contributed by atoms with Crippen molar-refractivity contribution in [2.24, 2.45) is 0 Å². The molecule has 0 aromatic heterocycles. The fourth-order valence-electron chi connectivity index (χ4n) is 1.32. The lowest BCUT2D eigenvalue weighted by atomic mass is 10.3. The van der Waals surface area contributed by atoms with Gasteiger partial charge in [0.2, 0.25) is 0 Å². The third kappa shape index (κ3) is 3.81. The number of hydrogen-bond donors (Lipinski definition) is 0. The molecule has 7 heteroatoms. The van der Waals surface area contributed by atoms with E-state index >= 15 is 0 Å². The third-order valence-electron chi connectivity index (χ3n) is 2.15. The molecule has 0 saturated carbocycles. The van der Waals surface area contributed by atoms with Crippen molar-refractivity contribution < 1.29 is 9.13 Å². The smallest absolute Gasteiger partial charge is 0.142 e. The van der Waals surface area contributed by atoms with Crippen LogP contribution < -0.4 is 4.74 Å². The van der Waals surface area contributed by atoms with E-state index in [-0.39, 0.29) is 5.82 Å². The van der Waals surface area contributed by atoms with Crippen LogP contribution in [0, 0.1) is 5.82 Å². The number of hydrogen-bond acceptors (Lipinski definition) is 1. The molecule has 0 bridgehead atoms.